The van der Waals surface area contributed by atoms with Crippen LogP contribution < -0.4 is 5.32 Å². The number of urea groups is 1. The van der Waals surface area contributed by atoms with Crippen molar-refractivity contribution in [1.82, 2.24) is 10.2 Å². The van der Waals surface area contributed by atoms with Crippen molar-refractivity contribution in [2.75, 3.05) is 13.1 Å². The van der Waals surface area contributed by atoms with Crippen LogP contribution in [0.5, 0.6) is 0 Å². The van der Waals surface area contributed by atoms with Gasteiger partial charge in [0.15, 0.2) is 0 Å². The number of amides is 2. The fourth-order valence-electron chi connectivity index (χ4n) is 2.41. The molecule has 1 aromatic heterocycles. The second-order valence-electron chi connectivity index (χ2n) is 4.78. The molecule has 2 unspecified atom stereocenters. The van der Waals surface area contributed by atoms with Crippen molar-refractivity contribution in [3.8, 4) is 0 Å². The van der Waals surface area contributed by atoms with Crippen LogP contribution in [0.3, 0.4) is 0 Å². The Labute approximate surface area is 116 Å². The maximum absolute atomic E-state index is 12.0. The van der Waals surface area contributed by atoms with Gasteiger partial charge in [0.05, 0.1) is 5.92 Å². The summed E-state index contributed by atoms with van der Waals surface area (Å²) in [7, 11) is 0. The van der Waals surface area contributed by atoms with E-state index in [-0.39, 0.29) is 12.1 Å². The zero-order valence-corrected chi connectivity index (χ0v) is 11.7. The molecule has 19 heavy (non-hydrogen) atoms. The number of carbonyl (C=O) groups is 2. The topological polar surface area (TPSA) is 69.6 Å². The summed E-state index contributed by atoms with van der Waals surface area (Å²) in [6.45, 7) is 2.89. The molecule has 1 saturated heterocycles. The zero-order chi connectivity index (χ0) is 13.8. The third-order valence-electron chi connectivity index (χ3n) is 3.60. The van der Waals surface area contributed by atoms with E-state index in [1.165, 1.54) is 5.56 Å². The third kappa shape index (κ3) is 3.26. The summed E-state index contributed by atoms with van der Waals surface area (Å²) < 4.78 is 0. The standard InChI is InChI=1S/C13H18N2O3S/c1-9-11(12(16)17)3-6-15(9)13(18)14-5-2-10-4-7-19-8-10/h4,7-9,11H,2-3,5-6H2,1H3,(H,14,18)(H,16,17). The van der Waals surface area contributed by atoms with Crippen molar-refractivity contribution >= 4 is 23.3 Å². The summed E-state index contributed by atoms with van der Waals surface area (Å²) in [4.78, 5) is 24.6. The van der Waals surface area contributed by atoms with Gasteiger partial charge in [0.1, 0.15) is 0 Å². The van der Waals surface area contributed by atoms with E-state index >= 15 is 0 Å². The molecule has 104 valence electrons. The molecule has 0 radical (unpaired) electrons. The van der Waals surface area contributed by atoms with Gasteiger partial charge in [-0.3, -0.25) is 4.79 Å². The molecule has 2 heterocycles. The number of aliphatic carboxylic acids is 1. The number of hydrogen-bond donors (Lipinski definition) is 2. The van der Waals surface area contributed by atoms with Crippen LogP contribution in [-0.4, -0.2) is 41.1 Å². The van der Waals surface area contributed by atoms with E-state index in [1.807, 2.05) is 11.4 Å². The van der Waals surface area contributed by atoms with E-state index in [0.717, 1.165) is 6.42 Å². The summed E-state index contributed by atoms with van der Waals surface area (Å²) in [6, 6.07) is 1.64. The Hall–Kier alpha value is -1.56. The first kappa shape index (κ1) is 13.9. The van der Waals surface area contributed by atoms with Crippen molar-refractivity contribution in [3.05, 3.63) is 22.4 Å². The molecule has 0 spiro atoms. The molecule has 6 heteroatoms. The molecule has 2 atom stereocenters. The molecule has 0 saturated carbocycles. The first-order chi connectivity index (χ1) is 9.09. The van der Waals surface area contributed by atoms with Gasteiger partial charge in [-0.25, -0.2) is 4.79 Å². The number of likely N-dealkylation sites (tertiary alicyclic amines) is 1. The molecule has 1 fully saturated rings. The van der Waals surface area contributed by atoms with E-state index < -0.39 is 11.9 Å². The monoisotopic (exact) mass is 282 g/mol. The largest absolute Gasteiger partial charge is 0.481 e. The van der Waals surface area contributed by atoms with Gasteiger partial charge in [0.2, 0.25) is 0 Å². The third-order valence-corrected chi connectivity index (χ3v) is 4.34. The first-order valence-electron chi connectivity index (χ1n) is 6.38. The molecular formula is C13H18N2O3S. The lowest BCUT2D eigenvalue weighted by molar-refractivity contribution is -0.142. The van der Waals surface area contributed by atoms with E-state index in [2.05, 4.69) is 10.7 Å². The minimum atomic E-state index is -0.818. The van der Waals surface area contributed by atoms with Gasteiger partial charge in [0.25, 0.3) is 0 Å². The molecule has 1 aromatic rings. The highest BCUT2D eigenvalue weighted by atomic mass is 32.1. The van der Waals surface area contributed by atoms with Gasteiger partial charge in [-0.1, -0.05) is 0 Å². The molecule has 2 N–H and O–H groups in total. The Bertz CT molecular complexity index is 447. The van der Waals surface area contributed by atoms with Gasteiger partial charge in [0, 0.05) is 19.1 Å². The van der Waals surface area contributed by atoms with Crippen LogP contribution >= 0.6 is 11.3 Å². The summed E-state index contributed by atoms with van der Waals surface area (Å²) in [5.41, 5.74) is 1.21. The Morgan fingerprint density at radius 3 is 2.95 bits per heavy atom. The van der Waals surface area contributed by atoms with Gasteiger partial charge < -0.3 is 15.3 Å². The minimum absolute atomic E-state index is 0.161. The summed E-state index contributed by atoms with van der Waals surface area (Å²) in [6.07, 6.45) is 1.34. The number of nitrogens with zero attached hydrogens (tertiary/aromatic N) is 1. The summed E-state index contributed by atoms with van der Waals surface area (Å²) in [5.74, 6) is -1.26. The van der Waals surface area contributed by atoms with E-state index in [0.29, 0.717) is 19.5 Å². The molecule has 0 aromatic carbocycles. The van der Waals surface area contributed by atoms with E-state index in [1.54, 1.807) is 23.2 Å². The predicted molar refractivity (Wildman–Crippen MR) is 73.3 cm³/mol. The lowest BCUT2D eigenvalue weighted by Gasteiger charge is -2.23. The predicted octanol–water partition coefficient (Wildman–Crippen LogP) is 1.80. The van der Waals surface area contributed by atoms with E-state index in [4.69, 9.17) is 5.11 Å². The Kier molecular flexibility index (Phi) is 4.42. The Morgan fingerprint density at radius 2 is 2.37 bits per heavy atom. The molecule has 0 bridgehead atoms. The minimum Gasteiger partial charge on any atom is -0.481 e. The molecule has 1 aliphatic heterocycles. The quantitative estimate of drug-likeness (QED) is 0.884. The Morgan fingerprint density at radius 1 is 1.58 bits per heavy atom. The Balaban J connectivity index is 1.79. The summed E-state index contributed by atoms with van der Waals surface area (Å²) >= 11 is 1.64. The molecule has 1 aliphatic rings. The van der Waals surface area contributed by atoms with Gasteiger partial charge in [-0.2, -0.15) is 11.3 Å². The highest BCUT2D eigenvalue weighted by Gasteiger charge is 2.37. The highest BCUT2D eigenvalue weighted by Crippen LogP contribution is 2.24. The smallest absolute Gasteiger partial charge is 0.317 e. The molecule has 5 nitrogen and oxygen atoms in total. The van der Waals surface area contributed by atoms with Gasteiger partial charge >= 0.3 is 12.0 Å². The second kappa shape index (κ2) is 6.06. The van der Waals surface area contributed by atoms with E-state index in [9.17, 15) is 9.59 Å². The SMILES string of the molecule is CC1C(C(=O)O)CCN1C(=O)NCCc1ccsc1. The number of carbonyl (C=O) groups excluding carboxylic acids is 1. The molecule has 2 rings (SSSR count). The summed E-state index contributed by atoms with van der Waals surface area (Å²) in [5, 5.41) is 16.0. The number of carboxylic acid groups (broad SMARTS) is 1. The number of thiophene rings is 1. The van der Waals surface area contributed by atoms with Crippen LogP contribution in [0.2, 0.25) is 0 Å². The first-order valence-corrected chi connectivity index (χ1v) is 7.32. The second-order valence-corrected chi connectivity index (χ2v) is 5.56. The van der Waals surface area contributed by atoms with Crippen LogP contribution in [0.15, 0.2) is 16.8 Å². The van der Waals surface area contributed by atoms with Crippen molar-refractivity contribution in [2.24, 2.45) is 5.92 Å². The van der Waals surface area contributed by atoms with Crippen LogP contribution in [0.25, 0.3) is 0 Å². The number of rotatable bonds is 4. The maximum Gasteiger partial charge on any atom is 0.317 e. The van der Waals surface area contributed by atoms with Crippen LogP contribution in [-0.2, 0) is 11.2 Å². The number of nitrogens with one attached hydrogen (secondary N) is 1. The lowest BCUT2D eigenvalue weighted by Crippen LogP contribution is -2.44. The highest BCUT2D eigenvalue weighted by molar-refractivity contribution is 7.07. The maximum atomic E-state index is 12.0. The van der Waals surface area contributed by atoms with Crippen molar-refractivity contribution in [2.45, 2.75) is 25.8 Å². The van der Waals surface area contributed by atoms with Crippen LogP contribution in [0.1, 0.15) is 18.9 Å². The number of carboxylic acids is 1. The average Bonchev–Trinajstić information content (AvgIpc) is 2.98. The average molecular weight is 282 g/mol. The molecule has 2 amide bonds. The fraction of sp³-hybridized carbons (Fsp3) is 0.538. The van der Waals surface area contributed by atoms with Gasteiger partial charge in [-0.05, 0) is 42.2 Å². The molecular weight excluding hydrogens is 264 g/mol. The van der Waals surface area contributed by atoms with Crippen molar-refractivity contribution < 1.29 is 14.7 Å². The normalized spacial score (nSPS) is 22.5. The molecule has 0 aliphatic carbocycles. The van der Waals surface area contributed by atoms with Crippen molar-refractivity contribution in [3.63, 3.8) is 0 Å². The van der Waals surface area contributed by atoms with Crippen LogP contribution in [0.4, 0.5) is 4.79 Å². The number of hydrogen-bond acceptors (Lipinski definition) is 3. The zero-order valence-electron chi connectivity index (χ0n) is 10.8. The van der Waals surface area contributed by atoms with Crippen LogP contribution in [0, 0.1) is 5.92 Å². The van der Waals surface area contributed by atoms with Gasteiger partial charge in [-0.15, -0.1) is 0 Å². The lowest BCUT2D eigenvalue weighted by atomic mass is 10.0. The fourth-order valence-corrected chi connectivity index (χ4v) is 3.11. The van der Waals surface area contributed by atoms with Crippen molar-refractivity contribution in [1.29, 1.82) is 0 Å².